The van der Waals surface area contributed by atoms with Gasteiger partial charge in [0.1, 0.15) is 5.52 Å². The molecule has 26 heavy (non-hydrogen) atoms. The quantitative estimate of drug-likeness (QED) is 0.850. The standard InChI is InChI=1S/C20H26N4O2/c25-19(14-15-6-2-1-3-7-15)23-12-10-16(11-13-23)24-20(26)17-8-4-5-9-18(17)21-22-24/h4-5,8-9,15-16H,1-3,6-7,10-14H2. The molecule has 0 unspecified atom stereocenters. The second kappa shape index (κ2) is 7.56. The molecule has 6 nitrogen and oxygen atoms in total. The summed E-state index contributed by atoms with van der Waals surface area (Å²) >= 11 is 0. The average molecular weight is 354 g/mol. The van der Waals surface area contributed by atoms with Gasteiger partial charge in [0.2, 0.25) is 5.91 Å². The minimum absolute atomic E-state index is 0.0262. The van der Waals surface area contributed by atoms with E-state index in [4.69, 9.17) is 0 Å². The van der Waals surface area contributed by atoms with Gasteiger partial charge >= 0.3 is 0 Å². The van der Waals surface area contributed by atoms with Crippen molar-refractivity contribution in [3.8, 4) is 0 Å². The molecule has 0 N–H and O–H groups in total. The smallest absolute Gasteiger partial charge is 0.277 e. The normalized spacial score (nSPS) is 19.8. The first kappa shape index (κ1) is 17.2. The topological polar surface area (TPSA) is 68.1 Å². The summed E-state index contributed by atoms with van der Waals surface area (Å²) in [5.74, 6) is 0.857. The fourth-order valence-corrected chi connectivity index (χ4v) is 4.37. The van der Waals surface area contributed by atoms with Gasteiger partial charge in [0.15, 0.2) is 0 Å². The second-order valence-corrected chi connectivity index (χ2v) is 7.68. The SMILES string of the molecule is O=C(CC1CCCCC1)N1CCC(n2nnc3ccccc3c2=O)CC1. The Labute approximate surface area is 153 Å². The summed E-state index contributed by atoms with van der Waals surface area (Å²) in [6.07, 6.45) is 8.48. The number of nitrogens with zero attached hydrogens (tertiary/aromatic N) is 4. The van der Waals surface area contributed by atoms with Crippen molar-refractivity contribution in [1.82, 2.24) is 19.9 Å². The number of carbonyl (C=O) groups is 1. The average Bonchev–Trinajstić information content (AvgIpc) is 2.69. The van der Waals surface area contributed by atoms with E-state index in [-0.39, 0.29) is 17.5 Å². The van der Waals surface area contributed by atoms with Crippen molar-refractivity contribution in [2.24, 2.45) is 5.92 Å². The summed E-state index contributed by atoms with van der Waals surface area (Å²) < 4.78 is 1.52. The Balaban J connectivity index is 1.40. The molecule has 1 aliphatic heterocycles. The molecule has 0 radical (unpaired) electrons. The maximum absolute atomic E-state index is 12.7. The summed E-state index contributed by atoms with van der Waals surface area (Å²) in [6, 6.07) is 7.34. The molecule has 2 aliphatic rings. The van der Waals surface area contributed by atoms with Crippen LogP contribution in [0.1, 0.15) is 57.4 Å². The lowest BCUT2D eigenvalue weighted by molar-refractivity contribution is -0.133. The van der Waals surface area contributed by atoms with Crippen LogP contribution in [0.3, 0.4) is 0 Å². The van der Waals surface area contributed by atoms with Crippen LogP contribution in [0.4, 0.5) is 0 Å². The van der Waals surface area contributed by atoms with Crippen LogP contribution < -0.4 is 5.56 Å². The van der Waals surface area contributed by atoms with Gasteiger partial charge in [-0.1, -0.05) is 36.6 Å². The number of carbonyl (C=O) groups excluding carboxylic acids is 1. The Kier molecular flexibility index (Phi) is 5.00. The van der Waals surface area contributed by atoms with Crippen molar-refractivity contribution in [3.05, 3.63) is 34.6 Å². The van der Waals surface area contributed by atoms with Crippen LogP contribution in [0.5, 0.6) is 0 Å². The predicted molar refractivity (Wildman–Crippen MR) is 99.8 cm³/mol. The maximum Gasteiger partial charge on any atom is 0.277 e. The minimum Gasteiger partial charge on any atom is -0.343 e. The first-order chi connectivity index (χ1) is 12.7. The molecule has 1 saturated carbocycles. The summed E-state index contributed by atoms with van der Waals surface area (Å²) in [7, 11) is 0. The zero-order chi connectivity index (χ0) is 17.9. The minimum atomic E-state index is -0.0809. The molecule has 0 atom stereocenters. The molecule has 1 amide bonds. The monoisotopic (exact) mass is 354 g/mol. The van der Waals surface area contributed by atoms with Gasteiger partial charge in [0.25, 0.3) is 5.56 Å². The molecular formula is C20H26N4O2. The highest BCUT2D eigenvalue weighted by Crippen LogP contribution is 2.28. The Morgan fingerprint density at radius 3 is 2.54 bits per heavy atom. The van der Waals surface area contributed by atoms with Crippen LogP contribution in [0.2, 0.25) is 0 Å². The molecule has 0 spiro atoms. The van der Waals surface area contributed by atoms with Crippen molar-refractivity contribution >= 4 is 16.8 Å². The van der Waals surface area contributed by atoms with E-state index in [1.165, 1.54) is 36.8 Å². The largest absolute Gasteiger partial charge is 0.343 e. The van der Waals surface area contributed by atoms with Gasteiger partial charge in [-0.25, -0.2) is 4.68 Å². The molecule has 2 aromatic rings. The number of hydrogen-bond donors (Lipinski definition) is 0. The van der Waals surface area contributed by atoms with E-state index < -0.39 is 0 Å². The molecule has 1 aromatic heterocycles. The highest BCUT2D eigenvalue weighted by molar-refractivity contribution is 5.77. The van der Waals surface area contributed by atoms with E-state index in [1.54, 1.807) is 12.1 Å². The highest BCUT2D eigenvalue weighted by Gasteiger charge is 2.27. The molecule has 4 rings (SSSR count). The molecule has 6 heteroatoms. The van der Waals surface area contributed by atoms with E-state index in [0.717, 1.165) is 12.8 Å². The lowest BCUT2D eigenvalue weighted by atomic mass is 9.86. The number of likely N-dealkylation sites (tertiary alicyclic amines) is 1. The third kappa shape index (κ3) is 3.50. The summed E-state index contributed by atoms with van der Waals surface area (Å²) in [4.78, 5) is 27.2. The molecule has 2 heterocycles. The lowest BCUT2D eigenvalue weighted by Crippen LogP contribution is -2.42. The van der Waals surface area contributed by atoms with E-state index >= 15 is 0 Å². The van der Waals surface area contributed by atoms with Gasteiger partial charge in [0.05, 0.1) is 11.4 Å². The van der Waals surface area contributed by atoms with Crippen LogP contribution in [0, 0.1) is 5.92 Å². The Hall–Kier alpha value is -2.24. The highest BCUT2D eigenvalue weighted by atomic mass is 16.2. The van der Waals surface area contributed by atoms with Crippen LogP contribution in [0.15, 0.2) is 29.1 Å². The van der Waals surface area contributed by atoms with E-state index in [1.807, 2.05) is 17.0 Å². The molecule has 1 aromatic carbocycles. The Morgan fingerprint density at radius 1 is 1.04 bits per heavy atom. The van der Waals surface area contributed by atoms with Gasteiger partial charge in [0, 0.05) is 19.5 Å². The van der Waals surface area contributed by atoms with Crippen LogP contribution in [-0.2, 0) is 4.79 Å². The van der Waals surface area contributed by atoms with Crippen molar-refractivity contribution in [2.45, 2.75) is 57.4 Å². The first-order valence-corrected chi connectivity index (χ1v) is 9.84. The zero-order valence-electron chi connectivity index (χ0n) is 15.1. The van der Waals surface area contributed by atoms with Crippen molar-refractivity contribution in [3.63, 3.8) is 0 Å². The summed E-state index contributed by atoms with van der Waals surface area (Å²) in [5, 5.41) is 8.93. The van der Waals surface area contributed by atoms with Crippen LogP contribution in [-0.4, -0.2) is 38.9 Å². The van der Waals surface area contributed by atoms with Crippen LogP contribution >= 0.6 is 0 Å². The summed E-state index contributed by atoms with van der Waals surface area (Å²) in [6.45, 7) is 1.41. The number of rotatable bonds is 3. The number of benzene rings is 1. The molecule has 0 bridgehead atoms. The van der Waals surface area contributed by atoms with Gasteiger partial charge in [-0.3, -0.25) is 9.59 Å². The summed E-state index contributed by atoms with van der Waals surface area (Å²) in [5.41, 5.74) is 0.552. The fourth-order valence-electron chi connectivity index (χ4n) is 4.37. The third-order valence-corrected chi connectivity index (χ3v) is 5.94. The van der Waals surface area contributed by atoms with E-state index in [9.17, 15) is 9.59 Å². The number of hydrogen-bond acceptors (Lipinski definition) is 4. The predicted octanol–water partition coefficient (Wildman–Crippen LogP) is 2.93. The van der Waals surface area contributed by atoms with Gasteiger partial charge < -0.3 is 4.90 Å². The van der Waals surface area contributed by atoms with Gasteiger partial charge in [-0.05, 0) is 43.7 Å². The number of amides is 1. The maximum atomic E-state index is 12.7. The van der Waals surface area contributed by atoms with Crippen molar-refractivity contribution < 1.29 is 4.79 Å². The van der Waals surface area contributed by atoms with E-state index in [2.05, 4.69) is 10.3 Å². The zero-order valence-corrected chi connectivity index (χ0v) is 15.1. The van der Waals surface area contributed by atoms with Gasteiger partial charge in [-0.2, -0.15) is 0 Å². The third-order valence-electron chi connectivity index (χ3n) is 5.94. The lowest BCUT2D eigenvalue weighted by Gasteiger charge is -2.33. The molecular weight excluding hydrogens is 328 g/mol. The second-order valence-electron chi connectivity index (χ2n) is 7.68. The number of fused-ring (bicyclic) bond motifs is 1. The molecule has 1 saturated heterocycles. The van der Waals surface area contributed by atoms with Crippen molar-refractivity contribution in [1.29, 1.82) is 0 Å². The van der Waals surface area contributed by atoms with Crippen LogP contribution in [0.25, 0.3) is 10.9 Å². The Bertz CT molecular complexity index is 833. The first-order valence-electron chi connectivity index (χ1n) is 9.84. The molecule has 2 fully saturated rings. The Morgan fingerprint density at radius 2 is 1.77 bits per heavy atom. The number of piperidine rings is 1. The fraction of sp³-hybridized carbons (Fsp3) is 0.600. The van der Waals surface area contributed by atoms with E-state index in [0.29, 0.717) is 36.3 Å². The number of aromatic nitrogens is 3. The molecule has 138 valence electrons. The van der Waals surface area contributed by atoms with Gasteiger partial charge in [-0.15, -0.1) is 5.10 Å². The molecule has 1 aliphatic carbocycles. The van der Waals surface area contributed by atoms with Crippen molar-refractivity contribution in [2.75, 3.05) is 13.1 Å².